The molecule has 1 aromatic rings. The predicted octanol–water partition coefficient (Wildman–Crippen LogP) is -0.615. The van der Waals surface area contributed by atoms with E-state index in [0.717, 1.165) is 13.1 Å². The molecule has 0 bridgehead atoms. The van der Waals surface area contributed by atoms with Crippen LogP contribution in [0.25, 0.3) is 0 Å². The maximum absolute atomic E-state index is 13.3. The highest BCUT2D eigenvalue weighted by Crippen LogP contribution is 2.10. The Balaban J connectivity index is 1.12. The van der Waals surface area contributed by atoms with E-state index in [1.165, 1.54) is 12.1 Å². The van der Waals surface area contributed by atoms with E-state index in [1.54, 1.807) is 12.1 Å². The van der Waals surface area contributed by atoms with Crippen LogP contribution in [0.2, 0.25) is 0 Å². The molecule has 1 N–H and O–H groups in total. The molecule has 4 rings (SSSR count). The number of piperazine rings is 2. The van der Waals surface area contributed by atoms with Crippen molar-refractivity contribution in [2.75, 3.05) is 104 Å². The van der Waals surface area contributed by atoms with Crippen LogP contribution in [0.3, 0.4) is 0 Å². The van der Waals surface area contributed by atoms with E-state index in [1.807, 2.05) is 14.7 Å². The molecule has 3 fully saturated rings. The lowest BCUT2D eigenvalue weighted by atomic mass is 10.2. The number of carbonyl (C=O) groups is 3. The van der Waals surface area contributed by atoms with Crippen LogP contribution in [0, 0.1) is 5.82 Å². The summed E-state index contributed by atoms with van der Waals surface area (Å²) in [7, 11) is 0. The van der Waals surface area contributed by atoms with Gasteiger partial charge < -0.3 is 19.9 Å². The van der Waals surface area contributed by atoms with Crippen molar-refractivity contribution >= 4 is 23.4 Å². The van der Waals surface area contributed by atoms with E-state index in [4.69, 9.17) is 4.74 Å². The Labute approximate surface area is 205 Å². The Bertz CT molecular complexity index is 881. The number of hydrogen-bond donors (Lipinski definition) is 1. The molecule has 3 saturated heterocycles. The minimum atomic E-state index is -0.393. The van der Waals surface area contributed by atoms with Gasteiger partial charge in [0.05, 0.1) is 32.8 Å². The topological polar surface area (TPSA) is 88.7 Å². The number of nitrogens with zero attached hydrogens (tertiary/aromatic N) is 5. The van der Waals surface area contributed by atoms with Gasteiger partial charge in [0.15, 0.2) is 0 Å². The van der Waals surface area contributed by atoms with Crippen molar-refractivity contribution in [2.45, 2.75) is 0 Å². The summed E-state index contributed by atoms with van der Waals surface area (Å²) in [5.41, 5.74) is 0.437. The lowest BCUT2D eigenvalue weighted by Gasteiger charge is -2.38. The number of morpholine rings is 1. The van der Waals surface area contributed by atoms with Gasteiger partial charge in [-0.2, -0.15) is 0 Å². The zero-order valence-corrected chi connectivity index (χ0v) is 20.2. The van der Waals surface area contributed by atoms with Gasteiger partial charge in [-0.15, -0.1) is 0 Å². The maximum Gasteiger partial charge on any atom is 0.238 e. The van der Waals surface area contributed by atoms with Crippen molar-refractivity contribution in [1.82, 2.24) is 24.5 Å². The van der Waals surface area contributed by atoms with Crippen LogP contribution in [0.5, 0.6) is 0 Å². The highest BCUT2D eigenvalue weighted by Gasteiger charge is 2.27. The molecule has 3 aliphatic rings. The third kappa shape index (κ3) is 7.69. The highest BCUT2D eigenvalue weighted by molar-refractivity contribution is 5.92. The molecule has 3 amide bonds. The molecule has 0 saturated carbocycles. The number of halogens is 1. The fourth-order valence-corrected chi connectivity index (χ4v) is 4.62. The molecule has 10 nitrogen and oxygen atoms in total. The fraction of sp³-hybridized carbons (Fsp3) is 0.625. The predicted molar refractivity (Wildman–Crippen MR) is 128 cm³/mol. The number of nitrogens with one attached hydrogen (secondary N) is 1. The average molecular weight is 491 g/mol. The first kappa shape index (κ1) is 25.5. The molecule has 0 aliphatic carbocycles. The summed E-state index contributed by atoms with van der Waals surface area (Å²) in [6, 6.07) is 5.82. The van der Waals surface area contributed by atoms with Gasteiger partial charge in [0, 0.05) is 71.1 Å². The van der Waals surface area contributed by atoms with Crippen LogP contribution in [-0.4, -0.2) is 141 Å². The molecule has 0 unspecified atom stereocenters. The molecule has 0 aromatic heterocycles. The highest BCUT2D eigenvalue weighted by atomic mass is 19.1. The van der Waals surface area contributed by atoms with E-state index in [2.05, 4.69) is 15.1 Å². The molecule has 3 heterocycles. The Morgan fingerprint density at radius 1 is 0.743 bits per heavy atom. The van der Waals surface area contributed by atoms with Gasteiger partial charge in [-0.1, -0.05) is 6.07 Å². The lowest BCUT2D eigenvalue weighted by molar-refractivity contribution is -0.137. The van der Waals surface area contributed by atoms with Gasteiger partial charge in [-0.05, 0) is 18.2 Å². The summed E-state index contributed by atoms with van der Waals surface area (Å²) in [6.45, 7) is 9.01. The summed E-state index contributed by atoms with van der Waals surface area (Å²) in [5.74, 6) is -0.357. The molecule has 11 heteroatoms. The molecular weight excluding hydrogens is 455 g/mol. The van der Waals surface area contributed by atoms with Gasteiger partial charge in [0.1, 0.15) is 5.82 Å². The smallest absolute Gasteiger partial charge is 0.238 e. The van der Waals surface area contributed by atoms with Crippen molar-refractivity contribution in [2.24, 2.45) is 0 Å². The van der Waals surface area contributed by atoms with E-state index in [9.17, 15) is 18.8 Å². The van der Waals surface area contributed by atoms with Crippen LogP contribution < -0.4 is 5.32 Å². The first-order valence-corrected chi connectivity index (χ1v) is 12.3. The SMILES string of the molecule is O=C(CN1CCN(C(=O)CN2CCN(C(=O)CN3CCOCC3)CC2)CC1)Nc1cccc(F)c1. The van der Waals surface area contributed by atoms with Gasteiger partial charge in [-0.3, -0.25) is 29.1 Å². The second-order valence-electron chi connectivity index (χ2n) is 9.26. The molecule has 3 aliphatic heterocycles. The van der Waals surface area contributed by atoms with Crippen molar-refractivity contribution in [3.8, 4) is 0 Å². The lowest BCUT2D eigenvalue weighted by Crippen LogP contribution is -2.55. The molecule has 0 radical (unpaired) electrons. The summed E-state index contributed by atoms with van der Waals surface area (Å²) < 4.78 is 18.6. The monoisotopic (exact) mass is 490 g/mol. The van der Waals surface area contributed by atoms with E-state index in [-0.39, 0.29) is 24.3 Å². The Kier molecular flexibility index (Phi) is 9.02. The second kappa shape index (κ2) is 12.4. The molecule has 0 atom stereocenters. The second-order valence-corrected chi connectivity index (χ2v) is 9.26. The zero-order chi connectivity index (χ0) is 24.6. The Morgan fingerprint density at radius 3 is 1.80 bits per heavy atom. The van der Waals surface area contributed by atoms with Crippen molar-refractivity contribution in [3.05, 3.63) is 30.1 Å². The molecular formula is C24H35FN6O4. The van der Waals surface area contributed by atoms with Crippen molar-refractivity contribution < 1.29 is 23.5 Å². The Hall–Kier alpha value is -2.60. The number of benzene rings is 1. The summed E-state index contributed by atoms with van der Waals surface area (Å²) >= 11 is 0. The van der Waals surface area contributed by atoms with E-state index >= 15 is 0 Å². The van der Waals surface area contributed by atoms with Gasteiger partial charge in [0.25, 0.3) is 0 Å². The van der Waals surface area contributed by atoms with Gasteiger partial charge in [-0.25, -0.2) is 4.39 Å². The largest absolute Gasteiger partial charge is 0.379 e. The fourth-order valence-electron chi connectivity index (χ4n) is 4.62. The number of amides is 3. The molecule has 0 spiro atoms. The van der Waals surface area contributed by atoms with Crippen LogP contribution in [0.15, 0.2) is 24.3 Å². The van der Waals surface area contributed by atoms with Crippen LogP contribution >= 0.6 is 0 Å². The summed E-state index contributed by atoms with van der Waals surface area (Å²) in [5, 5.41) is 2.71. The normalized spacial score (nSPS) is 20.6. The van der Waals surface area contributed by atoms with Crippen LogP contribution in [0.4, 0.5) is 10.1 Å². The van der Waals surface area contributed by atoms with Crippen LogP contribution in [0.1, 0.15) is 0 Å². The van der Waals surface area contributed by atoms with Crippen LogP contribution in [-0.2, 0) is 19.1 Å². The first-order valence-electron chi connectivity index (χ1n) is 12.3. The third-order valence-electron chi connectivity index (χ3n) is 6.75. The zero-order valence-electron chi connectivity index (χ0n) is 20.2. The van der Waals surface area contributed by atoms with Crippen molar-refractivity contribution in [3.63, 3.8) is 0 Å². The molecule has 1 aromatic carbocycles. The van der Waals surface area contributed by atoms with Gasteiger partial charge in [0.2, 0.25) is 17.7 Å². The summed E-state index contributed by atoms with van der Waals surface area (Å²) in [6.07, 6.45) is 0. The standard InChI is InChI=1S/C24H35FN6O4/c25-20-2-1-3-21(16-20)26-22(32)17-27-4-8-30(9-5-27)23(33)18-28-6-10-31(11-7-28)24(34)19-29-12-14-35-15-13-29/h1-3,16H,4-15,17-19H2,(H,26,32). The number of carbonyl (C=O) groups excluding carboxylic acids is 3. The maximum atomic E-state index is 13.3. The number of hydrogen-bond acceptors (Lipinski definition) is 7. The third-order valence-corrected chi connectivity index (χ3v) is 6.75. The van der Waals surface area contributed by atoms with Gasteiger partial charge >= 0.3 is 0 Å². The quantitative estimate of drug-likeness (QED) is 0.545. The number of ether oxygens (including phenoxy) is 1. The Morgan fingerprint density at radius 2 is 1.26 bits per heavy atom. The minimum Gasteiger partial charge on any atom is -0.379 e. The molecule has 35 heavy (non-hydrogen) atoms. The number of anilines is 1. The van der Waals surface area contributed by atoms with E-state index in [0.29, 0.717) is 84.3 Å². The average Bonchev–Trinajstić information content (AvgIpc) is 2.85. The van der Waals surface area contributed by atoms with E-state index < -0.39 is 5.82 Å². The number of rotatable bonds is 7. The minimum absolute atomic E-state index is 0.0851. The van der Waals surface area contributed by atoms with Crippen molar-refractivity contribution in [1.29, 1.82) is 0 Å². The summed E-state index contributed by atoms with van der Waals surface area (Å²) in [4.78, 5) is 47.6. The first-order chi connectivity index (χ1) is 17.0. The molecule has 192 valence electrons.